The number of aryl methyl sites for hydroxylation is 1. The van der Waals surface area contributed by atoms with E-state index in [9.17, 15) is 0 Å². The Bertz CT molecular complexity index is 3230. The third-order valence-corrected chi connectivity index (χ3v) is 14.1. The summed E-state index contributed by atoms with van der Waals surface area (Å²) in [5.41, 5.74) is 11.6. The lowest BCUT2D eigenvalue weighted by atomic mass is 9.89. The van der Waals surface area contributed by atoms with Crippen molar-refractivity contribution in [2.45, 2.75) is 112 Å². The smallest absolute Gasteiger partial charge is 0.108 e. The van der Waals surface area contributed by atoms with Gasteiger partial charge in [0, 0.05) is 18.4 Å². The topological polar surface area (TPSA) is 21.8 Å². The molecule has 0 spiro atoms. The number of para-hydroxylation sites is 2. The standard InChI is InChI=1S/C49H42N4.C7H8.C6H12.C4H10.C4H6.2C2H6/c1-51-45-19-11-9-17-43(45)47(39-25-21-33-13-5-7-15-35(33)29-39)53(3)49(51)41-27-23-36-30-40(26-22-37(36)31-41)48-50-44-18-10-8-16-42(44)46(52(48)2)38-24-20-32-12-4-6-14-34(32)28-38;1-7-5-3-2-4-6-7;1-3-5-6-4-2;2*1-3-4-2;2*1-2/h4-31,46-50H,1-3H3;2-6H,1H3;5-6H,3-4H2,1-2H3;3-4H2,1-2H3;3-4H,1-2H2;2*1-2H3/b;;6-5-;;;;. The van der Waals surface area contributed by atoms with Crippen molar-refractivity contribution < 1.29 is 0 Å². The Kier molecular flexibility index (Phi) is 25.4. The molecule has 0 aromatic heterocycles. The highest BCUT2D eigenvalue weighted by atomic mass is 15.4. The summed E-state index contributed by atoms with van der Waals surface area (Å²) in [6, 6.07) is 73.4. The molecular formula is C74H90N4. The third kappa shape index (κ3) is 15.6. The fourth-order valence-corrected chi connectivity index (χ4v) is 10.1. The van der Waals surface area contributed by atoms with Gasteiger partial charge in [-0.1, -0.05) is 275 Å². The Morgan fingerprint density at radius 1 is 0.423 bits per heavy atom. The Labute approximate surface area is 471 Å². The first-order valence-corrected chi connectivity index (χ1v) is 28.7. The van der Waals surface area contributed by atoms with Crippen molar-refractivity contribution in [2.24, 2.45) is 0 Å². The number of hydrogen-bond donors (Lipinski definition) is 1. The van der Waals surface area contributed by atoms with Crippen LogP contribution in [0.25, 0.3) is 32.3 Å². The second-order valence-corrected chi connectivity index (χ2v) is 19.3. The van der Waals surface area contributed by atoms with E-state index in [1.54, 1.807) is 12.2 Å². The summed E-state index contributed by atoms with van der Waals surface area (Å²) in [5.74, 6) is 0. The van der Waals surface area contributed by atoms with E-state index in [2.05, 4.69) is 283 Å². The van der Waals surface area contributed by atoms with Gasteiger partial charge in [-0.2, -0.15) is 0 Å². The molecule has 2 heterocycles. The van der Waals surface area contributed by atoms with Crippen molar-refractivity contribution in [2.75, 3.05) is 31.4 Å². The maximum Gasteiger partial charge on any atom is 0.108 e. The van der Waals surface area contributed by atoms with Crippen molar-refractivity contribution >= 4 is 43.7 Å². The van der Waals surface area contributed by atoms with Crippen molar-refractivity contribution in [3.8, 4) is 0 Å². The third-order valence-electron chi connectivity index (χ3n) is 14.1. The van der Waals surface area contributed by atoms with Gasteiger partial charge in [0.1, 0.15) is 12.3 Å². The van der Waals surface area contributed by atoms with Crippen LogP contribution in [0.1, 0.15) is 144 Å². The van der Waals surface area contributed by atoms with Crippen molar-refractivity contribution in [1.29, 1.82) is 0 Å². The van der Waals surface area contributed by atoms with Crippen molar-refractivity contribution in [3.63, 3.8) is 0 Å². The fraction of sp³-hybridized carbons (Fsp3) is 0.270. The van der Waals surface area contributed by atoms with Gasteiger partial charge in [-0.3, -0.25) is 9.80 Å². The summed E-state index contributed by atoms with van der Waals surface area (Å²) in [4.78, 5) is 7.46. The number of unbranched alkanes of at least 4 members (excludes halogenated alkanes) is 1. The maximum absolute atomic E-state index is 3.89. The van der Waals surface area contributed by atoms with Crippen LogP contribution in [0.4, 0.5) is 11.4 Å². The number of anilines is 2. The minimum Gasteiger partial charge on any atom is -0.366 e. The van der Waals surface area contributed by atoms with E-state index >= 15 is 0 Å². The molecule has 2 aliphatic rings. The molecule has 9 aromatic rings. The molecule has 4 unspecified atom stereocenters. The lowest BCUT2D eigenvalue weighted by Gasteiger charge is -2.47. The number of nitrogens with one attached hydrogen (secondary N) is 1. The monoisotopic (exact) mass is 1030 g/mol. The SMILES string of the molecule is C=CC=C.CC.CC.CC/C=C\CC.CCCC.CN1c2ccccc2C(c2ccc3ccccc3c2)N(C)C1c1ccc2cc(C3Nc4ccccc4C(c4ccc5ccccc5c4)N3C)ccc2c1.Cc1ccccc1. The Morgan fingerprint density at radius 2 is 0.821 bits per heavy atom. The summed E-state index contributed by atoms with van der Waals surface area (Å²) < 4.78 is 0. The van der Waals surface area contributed by atoms with Gasteiger partial charge in [-0.25, -0.2) is 0 Å². The van der Waals surface area contributed by atoms with Gasteiger partial charge >= 0.3 is 0 Å². The molecule has 406 valence electrons. The minimum absolute atomic E-state index is 0.0141. The molecule has 4 nitrogen and oxygen atoms in total. The van der Waals surface area contributed by atoms with Gasteiger partial charge in [0.15, 0.2) is 0 Å². The van der Waals surface area contributed by atoms with Gasteiger partial charge in [0.05, 0.1) is 12.1 Å². The van der Waals surface area contributed by atoms with Gasteiger partial charge in [0.25, 0.3) is 0 Å². The minimum atomic E-state index is 0.0141. The van der Waals surface area contributed by atoms with Gasteiger partial charge in [0.2, 0.25) is 0 Å². The number of benzene rings is 9. The van der Waals surface area contributed by atoms with E-state index < -0.39 is 0 Å². The van der Waals surface area contributed by atoms with Crippen LogP contribution >= 0.6 is 0 Å². The second-order valence-electron chi connectivity index (χ2n) is 19.3. The largest absolute Gasteiger partial charge is 0.366 e. The molecule has 0 saturated heterocycles. The number of rotatable bonds is 8. The molecule has 78 heavy (non-hydrogen) atoms. The molecule has 0 saturated carbocycles. The van der Waals surface area contributed by atoms with Crippen LogP contribution in [-0.4, -0.2) is 30.9 Å². The molecule has 1 N–H and O–H groups in total. The van der Waals surface area contributed by atoms with Gasteiger partial charge in [-0.15, -0.1) is 0 Å². The number of hydrogen-bond acceptors (Lipinski definition) is 4. The Hall–Kier alpha value is -7.50. The molecule has 4 heteroatoms. The van der Waals surface area contributed by atoms with Crippen molar-refractivity contribution in [1.82, 2.24) is 9.80 Å². The second kappa shape index (κ2) is 32.3. The normalized spacial score (nSPS) is 16.2. The highest BCUT2D eigenvalue weighted by molar-refractivity contribution is 5.86. The van der Waals surface area contributed by atoms with E-state index in [1.807, 2.05) is 45.9 Å². The Balaban J connectivity index is 0.000000377. The molecule has 2 aliphatic heterocycles. The molecule has 0 radical (unpaired) electrons. The molecule has 0 bridgehead atoms. The fourth-order valence-electron chi connectivity index (χ4n) is 10.1. The van der Waals surface area contributed by atoms with Crippen LogP contribution in [0.5, 0.6) is 0 Å². The number of allylic oxidation sites excluding steroid dienone is 4. The number of fused-ring (bicyclic) bond motifs is 5. The van der Waals surface area contributed by atoms with E-state index in [4.69, 9.17) is 0 Å². The summed E-state index contributed by atoms with van der Waals surface area (Å²) in [7, 11) is 6.76. The first kappa shape index (κ1) is 61.4. The number of nitrogens with zero attached hydrogens (tertiary/aromatic N) is 3. The summed E-state index contributed by atoms with van der Waals surface area (Å²) in [6.45, 7) is 25.5. The van der Waals surface area contributed by atoms with E-state index in [1.165, 1.54) is 108 Å². The lowest BCUT2D eigenvalue weighted by molar-refractivity contribution is 0.184. The molecule has 11 rings (SSSR count). The average Bonchev–Trinajstić information content (AvgIpc) is 3.59. The maximum atomic E-state index is 3.89. The molecule has 4 atom stereocenters. The zero-order valence-corrected chi connectivity index (χ0v) is 49.3. The van der Waals surface area contributed by atoms with E-state index in [0.29, 0.717) is 0 Å². The summed E-state index contributed by atoms with van der Waals surface area (Å²) in [5, 5.41) is 11.5. The summed E-state index contributed by atoms with van der Waals surface area (Å²) in [6.07, 6.45) is 12.7. The molecule has 9 aromatic carbocycles. The Morgan fingerprint density at radius 3 is 1.32 bits per heavy atom. The van der Waals surface area contributed by atoms with Crippen LogP contribution in [0.3, 0.4) is 0 Å². The molecule has 0 amide bonds. The van der Waals surface area contributed by atoms with Crippen LogP contribution in [0, 0.1) is 6.92 Å². The quantitative estimate of drug-likeness (QED) is 0.121. The van der Waals surface area contributed by atoms with Crippen LogP contribution in [0.2, 0.25) is 0 Å². The van der Waals surface area contributed by atoms with Gasteiger partial charge < -0.3 is 10.2 Å². The molecule has 0 aliphatic carbocycles. The van der Waals surface area contributed by atoms with E-state index in [-0.39, 0.29) is 24.4 Å². The van der Waals surface area contributed by atoms with Gasteiger partial charge in [-0.05, 0) is 136 Å². The van der Waals surface area contributed by atoms with Crippen LogP contribution in [-0.2, 0) is 0 Å². The van der Waals surface area contributed by atoms with Crippen molar-refractivity contribution in [3.05, 3.63) is 277 Å². The first-order valence-electron chi connectivity index (χ1n) is 28.7. The molecular weight excluding hydrogens is 945 g/mol. The zero-order valence-electron chi connectivity index (χ0n) is 49.3. The lowest BCUT2D eigenvalue weighted by Crippen LogP contribution is -2.44. The average molecular weight is 1040 g/mol. The van der Waals surface area contributed by atoms with Crippen LogP contribution in [0.15, 0.2) is 238 Å². The highest BCUT2D eigenvalue weighted by Gasteiger charge is 2.37. The highest BCUT2D eigenvalue weighted by Crippen LogP contribution is 2.47. The van der Waals surface area contributed by atoms with E-state index in [0.717, 1.165) is 0 Å². The zero-order chi connectivity index (χ0) is 56.4. The summed E-state index contributed by atoms with van der Waals surface area (Å²) >= 11 is 0. The first-order chi connectivity index (χ1) is 38.1. The van der Waals surface area contributed by atoms with Crippen LogP contribution < -0.4 is 10.2 Å². The predicted octanol–water partition coefficient (Wildman–Crippen LogP) is 21.0. The predicted molar refractivity (Wildman–Crippen MR) is 346 cm³/mol. The molecule has 0 fully saturated rings.